The van der Waals surface area contributed by atoms with Crippen LogP contribution in [0.2, 0.25) is 0 Å². The summed E-state index contributed by atoms with van der Waals surface area (Å²) in [5.41, 5.74) is 1.44. The SMILES string of the molecule is c1ccc(SN=C2CCCCCCCCCCCCCC2)cc1. The number of nitrogens with zero attached hydrogens (tertiary/aromatic N) is 1. The molecule has 0 saturated heterocycles. The van der Waals surface area contributed by atoms with Gasteiger partial charge in [0.05, 0.1) is 0 Å². The van der Waals surface area contributed by atoms with E-state index in [0.717, 1.165) is 0 Å². The molecule has 2 rings (SSSR count). The maximum absolute atomic E-state index is 4.88. The summed E-state index contributed by atoms with van der Waals surface area (Å²) in [7, 11) is 0. The van der Waals surface area contributed by atoms with Gasteiger partial charge in [-0.1, -0.05) is 82.4 Å². The summed E-state index contributed by atoms with van der Waals surface area (Å²) in [6.45, 7) is 0. The molecule has 0 unspecified atom stereocenters. The standard InChI is InChI=1S/C21H33NS/c1-2-4-6-8-10-13-17-20(16-12-9-7-5-3-1)22-23-21-18-14-11-15-19-21/h11,14-15,18-19H,1-10,12-13,16-17H2. The molecule has 0 amide bonds. The molecular formula is C21H33NS. The second-order valence-corrected chi connectivity index (χ2v) is 7.64. The third-order valence-corrected chi connectivity index (χ3v) is 5.54. The molecule has 1 aliphatic carbocycles. The quantitative estimate of drug-likeness (QED) is 0.508. The molecule has 0 atom stereocenters. The van der Waals surface area contributed by atoms with E-state index in [9.17, 15) is 0 Å². The van der Waals surface area contributed by atoms with Gasteiger partial charge in [-0.25, -0.2) is 4.40 Å². The Labute approximate surface area is 147 Å². The molecule has 0 aliphatic heterocycles. The molecule has 2 heteroatoms. The summed E-state index contributed by atoms with van der Waals surface area (Å²) >= 11 is 1.66. The van der Waals surface area contributed by atoms with E-state index in [2.05, 4.69) is 30.3 Å². The monoisotopic (exact) mass is 331 g/mol. The van der Waals surface area contributed by atoms with Crippen molar-refractivity contribution in [3.8, 4) is 0 Å². The van der Waals surface area contributed by atoms with Crippen molar-refractivity contribution in [2.75, 3.05) is 0 Å². The Hall–Kier alpha value is -0.760. The lowest BCUT2D eigenvalue weighted by Gasteiger charge is -2.07. The van der Waals surface area contributed by atoms with Gasteiger partial charge < -0.3 is 0 Å². The van der Waals surface area contributed by atoms with Gasteiger partial charge in [0.25, 0.3) is 0 Å². The Balaban J connectivity index is 1.81. The van der Waals surface area contributed by atoms with Crippen molar-refractivity contribution in [2.45, 2.75) is 94.8 Å². The summed E-state index contributed by atoms with van der Waals surface area (Å²) in [6, 6.07) is 10.6. The van der Waals surface area contributed by atoms with Crippen LogP contribution in [0.15, 0.2) is 39.6 Å². The van der Waals surface area contributed by atoms with Gasteiger partial charge in [-0.15, -0.1) is 0 Å². The molecule has 0 radical (unpaired) electrons. The normalized spacial score (nSPS) is 19.6. The van der Waals surface area contributed by atoms with Crippen molar-refractivity contribution in [3.63, 3.8) is 0 Å². The average molecular weight is 332 g/mol. The van der Waals surface area contributed by atoms with E-state index in [0.29, 0.717) is 0 Å². The third kappa shape index (κ3) is 9.20. The molecule has 0 spiro atoms. The highest BCUT2D eigenvalue weighted by molar-refractivity contribution is 7.98. The van der Waals surface area contributed by atoms with Crippen molar-refractivity contribution < 1.29 is 0 Å². The molecule has 1 fully saturated rings. The van der Waals surface area contributed by atoms with Gasteiger partial charge in [0, 0.05) is 22.6 Å². The first kappa shape index (κ1) is 18.6. The summed E-state index contributed by atoms with van der Waals surface area (Å²) in [6.07, 6.45) is 19.4. The molecule has 0 bridgehead atoms. The topological polar surface area (TPSA) is 12.4 Å². The van der Waals surface area contributed by atoms with E-state index in [1.54, 1.807) is 11.9 Å². The largest absolute Gasteiger partial charge is 0.220 e. The predicted molar refractivity (Wildman–Crippen MR) is 104 cm³/mol. The molecule has 128 valence electrons. The smallest absolute Gasteiger partial charge is 0.0305 e. The van der Waals surface area contributed by atoms with Crippen LogP contribution in [0, 0.1) is 0 Å². The van der Waals surface area contributed by atoms with E-state index in [1.165, 1.54) is 100 Å². The van der Waals surface area contributed by atoms with Crippen molar-refractivity contribution in [2.24, 2.45) is 4.40 Å². The highest BCUT2D eigenvalue weighted by Gasteiger charge is 2.03. The van der Waals surface area contributed by atoms with E-state index >= 15 is 0 Å². The van der Waals surface area contributed by atoms with Crippen LogP contribution < -0.4 is 0 Å². The van der Waals surface area contributed by atoms with Crippen molar-refractivity contribution in [1.82, 2.24) is 0 Å². The Morgan fingerprint density at radius 2 is 1.00 bits per heavy atom. The second-order valence-electron chi connectivity index (χ2n) is 6.80. The fourth-order valence-corrected chi connectivity index (χ4v) is 3.94. The Morgan fingerprint density at radius 1 is 0.565 bits per heavy atom. The molecule has 0 N–H and O–H groups in total. The first-order valence-electron chi connectivity index (χ1n) is 9.73. The minimum absolute atomic E-state index is 1.21. The van der Waals surface area contributed by atoms with E-state index in [1.807, 2.05) is 0 Å². The summed E-state index contributed by atoms with van der Waals surface area (Å²) < 4.78 is 4.88. The van der Waals surface area contributed by atoms with Gasteiger partial charge in [-0.05, 0) is 37.8 Å². The molecule has 0 heterocycles. The number of hydrogen-bond donors (Lipinski definition) is 0. The van der Waals surface area contributed by atoms with E-state index < -0.39 is 0 Å². The first-order valence-corrected chi connectivity index (χ1v) is 10.5. The number of hydrogen-bond acceptors (Lipinski definition) is 2. The van der Waals surface area contributed by atoms with Gasteiger partial charge in [0.1, 0.15) is 0 Å². The van der Waals surface area contributed by atoms with Gasteiger partial charge in [0.15, 0.2) is 0 Å². The van der Waals surface area contributed by atoms with Crippen LogP contribution in [-0.4, -0.2) is 5.71 Å². The van der Waals surface area contributed by atoms with Gasteiger partial charge in [-0.2, -0.15) is 0 Å². The molecule has 1 aromatic carbocycles. The fourth-order valence-electron chi connectivity index (χ4n) is 3.24. The Kier molecular flexibility index (Phi) is 10.2. The van der Waals surface area contributed by atoms with Gasteiger partial charge in [-0.3, -0.25) is 0 Å². The van der Waals surface area contributed by atoms with E-state index in [4.69, 9.17) is 4.40 Å². The molecule has 0 aromatic heterocycles. The highest BCUT2D eigenvalue weighted by Crippen LogP contribution is 2.22. The van der Waals surface area contributed by atoms with Crippen molar-refractivity contribution >= 4 is 17.7 Å². The van der Waals surface area contributed by atoms with Gasteiger partial charge >= 0.3 is 0 Å². The fraction of sp³-hybridized carbons (Fsp3) is 0.667. The summed E-state index contributed by atoms with van der Waals surface area (Å²) in [4.78, 5) is 1.26. The molecule has 23 heavy (non-hydrogen) atoms. The number of benzene rings is 1. The van der Waals surface area contributed by atoms with Crippen LogP contribution in [-0.2, 0) is 0 Å². The van der Waals surface area contributed by atoms with Crippen LogP contribution in [0.5, 0.6) is 0 Å². The Bertz CT molecular complexity index is 409. The van der Waals surface area contributed by atoms with Crippen molar-refractivity contribution in [3.05, 3.63) is 30.3 Å². The van der Waals surface area contributed by atoms with Crippen LogP contribution in [0.4, 0.5) is 0 Å². The maximum Gasteiger partial charge on any atom is 0.0305 e. The lowest BCUT2D eigenvalue weighted by atomic mass is 10.0. The molecule has 1 saturated carbocycles. The summed E-state index contributed by atoms with van der Waals surface area (Å²) in [5, 5.41) is 0. The van der Waals surface area contributed by atoms with Gasteiger partial charge in [0.2, 0.25) is 0 Å². The average Bonchev–Trinajstić information content (AvgIpc) is 2.60. The zero-order chi connectivity index (χ0) is 16.0. The zero-order valence-electron chi connectivity index (χ0n) is 14.6. The zero-order valence-corrected chi connectivity index (χ0v) is 15.5. The van der Waals surface area contributed by atoms with Crippen LogP contribution in [0.25, 0.3) is 0 Å². The van der Waals surface area contributed by atoms with E-state index in [-0.39, 0.29) is 0 Å². The highest BCUT2D eigenvalue weighted by atomic mass is 32.2. The minimum atomic E-state index is 1.21. The molecule has 1 nitrogen and oxygen atoms in total. The molecule has 1 aromatic rings. The predicted octanol–water partition coefficient (Wildman–Crippen LogP) is 7.61. The van der Waals surface area contributed by atoms with Crippen LogP contribution in [0.1, 0.15) is 89.9 Å². The first-order chi connectivity index (χ1) is 11.4. The molecular weight excluding hydrogens is 298 g/mol. The second kappa shape index (κ2) is 12.6. The van der Waals surface area contributed by atoms with Crippen molar-refractivity contribution in [1.29, 1.82) is 0 Å². The summed E-state index contributed by atoms with van der Waals surface area (Å²) in [5.74, 6) is 0. The Morgan fingerprint density at radius 3 is 1.48 bits per heavy atom. The maximum atomic E-state index is 4.88. The lowest BCUT2D eigenvalue weighted by Crippen LogP contribution is -1.98. The lowest BCUT2D eigenvalue weighted by molar-refractivity contribution is 0.548. The van der Waals surface area contributed by atoms with Crippen LogP contribution in [0.3, 0.4) is 0 Å². The number of rotatable bonds is 2. The minimum Gasteiger partial charge on any atom is -0.220 e. The van der Waals surface area contributed by atoms with Crippen LogP contribution >= 0.6 is 11.9 Å². The molecule has 1 aliphatic rings. The third-order valence-electron chi connectivity index (χ3n) is 4.70.